The molecule has 5 nitrogen and oxygen atoms in total. The molecule has 2 aliphatic rings. The van der Waals surface area contributed by atoms with Crippen LogP contribution in [0.2, 0.25) is 5.02 Å². The molecule has 0 radical (unpaired) electrons. The van der Waals surface area contributed by atoms with E-state index >= 15 is 0 Å². The lowest BCUT2D eigenvalue weighted by atomic mass is 9.84. The highest BCUT2D eigenvalue weighted by Gasteiger charge is 2.26. The number of nitrogens with one attached hydrogen (secondary N) is 1. The van der Waals surface area contributed by atoms with Crippen LogP contribution >= 0.6 is 36.4 Å². The highest BCUT2D eigenvalue weighted by molar-refractivity contribution is 6.30. The summed E-state index contributed by atoms with van der Waals surface area (Å²) >= 11 is 6.14. The Kier molecular flexibility index (Phi) is 11.7. The SMILES string of the molecule is COc1ccc(Cl)cc1CN1CCN(C(=O)CC(C)C2CCNCC2)CC1.Cl.Cl. The highest BCUT2D eigenvalue weighted by Crippen LogP contribution is 2.26. The average molecular weight is 467 g/mol. The summed E-state index contributed by atoms with van der Waals surface area (Å²) < 4.78 is 5.45. The van der Waals surface area contributed by atoms with Crippen molar-refractivity contribution in [1.29, 1.82) is 0 Å². The number of hydrogen-bond acceptors (Lipinski definition) is 4. The molecule has 1 atom stereocenters. The van der Waals surface area contributed by atoms with Crippen LogP contribution in [0.25, 0.3) is 0 Å². The quantitative estimate of drug-likeness (QED) is 0.691. The van der Waals surface area contributed by atoms with Gasteiger partial charge in [-0.3, -0.25) is 9.69 Å². The maximum Gasteiger partial charge on any atom is 0.222 e. The van der Waals surface area contributed by atoms with Gasteiger partial charge in [-0.25, -0.2) is 0 Å². The van der Waals surface area contributed by atoms with Crippen LogP contribution in [0.5, 0.6) is 5.75 Å². The average Bonchev–Trinajstić information content (AvgIpc) is 2.69. The van der Waals surface area contributed by atoms with Crippen molar-refractivity contribution >= 4 is 42.3 Å². The first-order valence-corrected chi connectivity index (χ1v) is 10.5. The molecule has 0 saturated carbocycles. The van der Waals surface area contributed by atoms with E-state index in [0.29, 0.717) is 24.2 Å². The summed E-state index contributed by atoms with van der Waals surface area (Å²) in [6.45, 7) is 8.63. The largest absolute Gasteiger partial charge is 0.496 e. The highest BCUT2D eigenvalue weighted by atomic mass is 35.5. The number of halogens is 3. The number of piperazine rings is 1. The zero-order valence-electron chi connectivity index (χ0n) is 17.4. The second-order valence-corrected chi connectivity index (χ2v) is 8.32. The fourth-order valence-electron chi connectivity index (χ4n) is 4.25. The molecule has 2 saturated heterocycles. The normalized spacial score (nSPS) is 19.1. The van der Waals surface area contributed by atoms with Gasteiger partial charge in [0, 0.05) is 49.7 Å². The van der Waals surface area contributed by atoms with Crippen LogP contribution < -0.4 is 10.1 Å². The van der Waals surface area contributed by atoms with Crippen molar-refractivity contribution in [3.8, 4) is 5.75 Å². The van der Waals surface area contributed by atoms with Crippen molar-refractivity contribution in [2.24, 2.45) is 11.8 Å². The number of carbonyl (C=O) groups excluding carboxylic acids is 1. The Morgan fingerprint density at radius 1 is 1.21 bits per heavy atom. The van der Waals surface area contributed by atoms with E-state index in [2.05, 4.69) is 17.1 Å². The van der Waals surface area contributed by atoms with E-state index in [1.54, 1.807) is 7.11 Å². The third-order valence-electron chi connectivity index (χ3n) is 6.05. The van der Waals surface area contributed by atoms with E-state index in [-0.39, 0.29) is 24.8 Å². The number of hydrogen-bond donors (Lipinski definition) is 1. The van der Waals surface area contributed by atoms with Gasteiger partial charge >= 0.3 is 0 Å². The fraction of sp³-hybridized carbons (Fsp3) is 0.667. The van der Waals surface area contributed by atoms with Crippen LogP contribution in [0, 0.1) is 11.8 Å². The maximum atomic E-state index is 12.7. The molecule has 1 aromatic rings. The van der Waals surface area contributed by atoms with E-state index in [1.165, 1.54) is 12.8 Å². The molecule has 29 heavy (non-hydrogen) atoms. The molecule has 1 aromatic carbocycles. The van der Waals surface area contributed by atoms with E-state index < -0.39 is 0 Å². The van der Waals surface area contributed by atoms with Crippen LogP contribution in [-0.2, 0) is 11.3 Å². The minimum Gasteiger partial charge on any atom is -0.496 e. The Bertz CT molecular complexity index is 634. The van der Waals surface area contributed by atoms with Crippen molar-refractivity contribution in [2.75, 3.05) is 46.4 Å². The second-order valence-electron chi connectivity index (χ2n) is 7.88. The van der Waals surface area contributed by atoms with Crippen LogP contribution in [0.1, 0.15) is 31.7 Å². The molecule has 1 amide bonds. The van der Waals surface area contributed by atoms with Gasteiger partial charge in [0.05, 0.1) is 7.11 Å². The van der Waals surface area contributed by atoms with Gasteiger partial charge in [0.2, 0.25) is 5.91 Å². The predicted octanol–water partition coefficient (Wildman–Crippen LogP) is 3.86. The predicted molar refractivity (Wildman–Crippen MR) is 124 cm³/mol. The monoisotopic (exact) mass is 465 g/mol. The zero-order chi connectivity index (χ0) is 19.2. The smallest absolute Gasteiger partial charge is 0.222 e. The Morgan fingerprint density at radius 2 is 1.86 bits per heavy atom. The molecule has 0 aliphatic carbocycles. The summed E-state index contributed by atoms with van der Waals surface area (Å²) in [6.07, 6.45) is 3.08. The Balaban J connectivity index is 0.00000210. The van der Waals surface area contributed by atoms with Gasteiger partial charge in [-0.2, -0.15) is 0 Å². The van der Waals surface area contributed by atoms with Crippen molar-refractivity contribution in [3.63, 3.8) is 0 Å². The molecule has 1 unspecified atom stereocenters. The number of methoxy groups -OCH3 is 1. The fourth-order valence-corrected chi connectivity index (χ4v) is 4.45. The van der Waals surface area contributed by atoms with E-state index in [4.69, 9.17) is 16.3 Å². The van der Waals surface area contributed by atoms with Crippen molar-refractivity contribution < 1.29 is 9.53 Å². The molecule has 8 heteroatoms. The third kappa shape index (κ3) is 7.48. The second kappa shape index (κ2) is 12.9. The van der Waals surface area contributed by atoms with Crippen LogP contribution in [0.3, 0.4) is 0 Å². The van der Waals surface area contributed by atoms with Gasteiger partial charge in [-0.05, 0) is 56.0 Å². The molecule has 2 aliphatic heterocycles. The molecule has 3 rings (SSSR count). The van der Waals surface area contributed by atoms with Gasteiger partial charge in [0.25, 0.3) is 0 Å². The van der Waals surface area contributed by atoms with Gasteiger partial charge < -0.3 is 15.0 Å². The summed E-state index contributed by atoms with van der Waals surface area (Å²) in [7, 11) is 1.69. The van der Waals surface area contributed by atoms with Crippen LogP contribution in [0.15, 0.2) is 18.2 Å². The summed E-state index contributed by atoms with van der Waals surface area (Å²) in [5.74, 6) is 2.36. The van der Waals surface area contributed by atoms with Gasteiger partial charge in [0.1, 0.15) is 5.75 Å². The van der Waals surface area contributed by atoms with Gasteiger partial charge in [0.15, 0.2) is 0 Å². The number of benzene rings is 1. The summed E-state index contributed by atoms with van der Waals surface area (Å²) in [5.41, 5.74) is 1.10. The number of piperidine rings is 1. The molecular weight excluding hydrogens is 433 g/mol. The van der Waals surface area contributed by atoms with Crippen LogP contribution in [0.4, 0.5) is 0 Å². The molecule has 2 fully saturated rings. The number of rotatable bonds is 6. The van der Waals surface area contributed by atoms with E-state index in [0.717, 1.165) is 62.1 Å². The number of carbonyl (C=O) groups is 1. The van der Waals surface area contributed by atoms with Crippen LogP contribution in [-0.4, -0.2) is 62.1 Å². The first-order chi connectivity index (χ1) is 13.1. The molecule has 0 bridgehead atoms. The maximum absolute atomic E-state index is 12.7. The number of ether oxygens (including phenoxy) is 1. The van der Waals surface area contributed by atoms with E-state index in [1.807, 2.05) is 23.1 Å². The Morgan fingerprint density at radius 3 is 2.48 bits per heavy atom. The Labute approximate surface area is 192 Å². The molecule has 2 heterocycles. The minimum atomic E-state index is 0. The minimum absolute atomic E-state index is 0. The topological polar surface area (TPSA) is 44.8 Å². The lowest BCUT2D eigenvalue weighted by Crippen LogP contribution is -2.48. The molecule has 1 N–H and O–H groups in total. The van der Waals surface area contributed by atoms with Crippen molar-refractivity contribution in [3.05, 3.63) is 28.8 Å². The lowest BCUT2D eigenvalue weighted by Gasteiger charge is -2.36. The lowest BCUT2D eigenvalue weighted by molar-refractivity contribution is -0.134. The number of nitrogens with zero attached hydrogens (tertiary/aromatic N) is 2. The van der Waals surface area contributed by atoms with E-state index in [9.17, 15) is 4.79 Å². The summed E-state index contributed by atoms with van der Waals surface area (Å²) in [6, 6.07) is 5.74. The molecule has 0 spiro atoms. The standard InChI is InChI=1S/C21H32ClN3O2.2ClH/c1-16(17-5-7-23-8-6-17)13-21(26)25-11-9-24(10-12-25)15-18-14-19(22)3-4-20(18)27-2;;/h3-4,14,16-17,23H,5-13,15H2,1-2H3;2*1H. The zero-order valence-corrected chi connectivity index (χ0v) is 19.8. The van der Waals surface area contributed by atoms with Gasteiger partial charge in [-0.15, -0.1) is 24.8 Å². The Hall–Kier alpha value is -0.720. The summed E-state index contributed by atoms with van der Waals surface area (Å²) in [5, 5.41) is 4.13. The summed E-state index contributed by atoms with van der Waals surface area (Å²) in [4.78, 5) is 17.1. The first-order valence-electron chi connectivity index (χ1n) is 10.1. The van der Waals surface area contributed by atoms with Crippen molar-refractivity contribution in [1.82, 2.24) is 15.1 Å². The molecular formula is C21H34Cl3N3O2. The van der Waals surface area contributed by atoms with Gasteiger partial charge in [-0.1, -0.05) is 18.5 Å². The first kappa shape index (κ1) is 26.3. The molecule has 0 aromatic heterocycles. The third-order valence-corrected chi connectivity index (χ3v) is 6.28. The van der Waals surface area contributed by atoms with Crippen molar-refractivity contribution in [2.45, 2.75) is 32.7 Å². The molecule has 166 valence electrons. The number of amides is 1.